The molecule has 1 heterocycles. The highest BCUT2D eigenvalue weighted by molar-refractivity contribution is 5.29. The SMILES string of the molecule is CNC(CN1CCC(C)C(OC)C1)c1ccccc1C. The molecule has 112 valence electrons. The lowest BCUT2D eigenvalue weighted by Crippen LogP contribution is -2.46. The normalized spacial score (nSPS) is 25.6. The topological polar surface area (TPSA) is 24.5 Å². The van der Waals surface area contributed by atoms with Gasteiger partial charge >= 0.3 is 0 Å². The molecule has 0 amide bonds. The number of nitrogens with zero attached hydrogens (tertiary/aromatic N) is 1. The van der Waals surface area contributed by atoms with E-state index in [1.807, 2.05) is 7.11 Å². The number of likely N-dealkylation sites (N-methyl/N-ethyl adjacent to an activating group) is 1. The zero-order chi connectivity index (χ0) is 14.5. The minimum atomic E-state index is 0.373. The highest BCUT2D eigenvalue weighted by atomic mass is 16.5. The van der Waals surface area contributed by atoms with Gasteiger partial charge in [0.15, 0.2) is 0 Å². The lowest BCUT2D eigenvalue weighted by Gasteiger charge is -2.38. The fourth-order valence-electron chi connectivity index (χ4n) is 3.15. The van der Waals surface area contributed by atoms with Gasteiger partial charge in [-0.2, -0.15) is 0 Å². The molecule has 0 saturated carbocycles. The zero-order valence-corrected chi connectivity index (χ0v) is 13.2. The summed E-state index contributed by atoms with van der Waals surface area (Å²) in [5.74, 6) is 0.669. The maximum Gasteiger partial charge on any atom is 0.0724 e. The second-order valence-electron chi connectivity index (χ2n) is 6.00. The van der Waals surface area contributed by atoms with Crippen molar-refractivity contribution < 1.29 is 4.74 Å². The molecule has 20 heavy (non-hydrogen) atoms. The predicted molar refractivity (Wildman–Crippen MR) is 84.0 cm³/mol. The molecule has 1 aliphatic heterocycles. The average molecular weight is 276 g/mol. The quantitative estimate of drug-likeness (QED) is 0.894. The van der Waals surface area contributed by atoms with Crippen molar-refractivity contribution >= 4 is 0 Å². The summed E-state index contributed by atoms with van der Waals surface area (Å²) in [6.07, 6.45) is 1.60. The number of hydrogen-bond acceptors (Lipinski definition) is 3. The molecule has 0 aromatic heterocycles. The Bertz CT molecular complexity index is 421. The van der Waals surface area contributed by atoms with Crippen molar-refractivity contribution in [3.05, 3.63) is 35.4 Å². The molecule has 3 atom stereocenters. The van der Waals surface area contributed by atoms with E-state index in [-0.39, 0.29) is 0 Å². The first-order valence-corrected chi connectivity index (χ1v) is 7.63. The minimum Gasteiger partial charge on any atom is -0.380 e. The first-order valence-electron chi connectivity index (χ1n) is 7.63. The van der Waals surface area contributed by atoms with Crippen LogP contribution in [0.3, 0.4) is 0 Å². The molecule has 3 unspecified atom stereocenters. The van der Waals surface area contributed by atoms with Crippen LogP contribution in [0.4, 0.5) is 0 Å². The maximum absolute atomic E-state index is 5.62. The summed E-state index contributed by atoms with van der Waals surface area (Å²) in [4.78, 5) is 2.53. The van der Waals surface area contributed by atoms with Crippen LogP contribution in [-0.4, -0.2) is 44.8 Å². The van der Waals surface area contributed by atoms with Crippen molar-refractivity contribution in [1.82, 2.24) is 10.2 Å². The highest BCUT2D eigenvalue weighted by Crippen LogP contribution is 2.23. The molecule has 3 heteroatoms. The van der Waals surface area contributed by atoms with Gasteiger partial charge in [-0.05, 0) is 44.0 Å². The van der Waals surface area contributed by atoms with Crippen LogP contribution in [0, 0.1) is 12.8 Å². The average Bonchev–Trinajstić information content (AvgIpc) is 2.47. The monoisotopic (exact) mass is 276 g/mol. The summed E-state index contributed by atoms with van der Waals surface area (Å²) in [6.45, 7) is 7.75. The number of ether oxygens (including phenoxy) is 1. The van der Waals surface area contributed by atoms with Crippen molar-refractivity contribution in [2.45, 2.75) is 32.4 Å². The van der Waals surface area contributed by atoms with Crippen molar-refractivity contribution in [1.29, 1.82) is 0 Å². The molecule has 1 N–H and O–H groups in total. The Hall–Kier alpha value is -0.900. The van der Waals surface area contributed by atoms with Crippen molar-refractivity contribution in [3.63, 3.8) is 0 Å². The Morgan fingerprint density at radius 1 is 1.40 bits per heavy atom. The van der Waals surface area contributed by atoms with Crippen molar-refractivity contribution in [3.8, 4) is 0 Å². The molecular weight excluding hydrogens is 248 g/mol. The molecule has 1 saturated heterocycles. The van der Waals surface area contributed by atoms with Gasteiger partial charge in [0, 0.05) is 26.2 Å². The number of piperidine rings is 1. The van der Waals surface area contributed by atoms with E-state index in [1.54, 1.807) is 0 Å². The molecule has 1 aliphatic rings. The number of benzene rings is 1. The molecule has 1 aromatic carbocycles. The third-order valence-corrected chi connectivity index (χ3v) is 4.63. The highest BCUT2D eigenvalue weighted by Gasteiger charge is 2.27. The number of rotatable bonds is 5. The number of methoxy groups -OCH3 is 1. The van der Waals surface area contributed by atoms with Crippen LogP contribution in [0.2, 0.25) is 0 Å². The molecule has 1 aromatic rings. The molecule has 0 bridgehead atoms. The third kappa shape index (κ3) is 3.60. The van der Waals surface area contributed by atoms with Crippen LogP contribution in [0.25, 0.3) is 0 Å². The van der Waals surface area contributed by atoms with Crippen LogP contribution in [0.15, 0.2) is 24.3 Å². The van der Waals surface area contributed by atoms with Crippen LogP contribution < -0.4 is 5.32 Å². The van der Waals surface area contributed by atoms with Gasteiger partial charge < -0.3 is 10.1 Å². The van der Waals surface area contributed by atoms with Gasteiger partial charge in [-0.25, -0.2) is 0 Å². The summed E-state index contributed by atoms with van der Waals surface area (Å²) < 4.78 is 5.62. The van der Waals surface area contributed by atoms with Gasteiger partial charge in [-0.15, -0.1) is 0 Å². The fraction of sp³-hybridized carbons (Fsp3) is 0.647. The minimum absolute atomic E-state index is 0.373. The van der Waals surface area contributed by atoms with Gasteiger partial charge in [0.05, 0.1) is 6.10 Å². The van der Waals surface area contributed by atoms with Gasteiger partial charge in [0.2, 0.25) is 0 Å². The smallest absolute Gasteiger partial charge is 0.0724 e. The second kappa shape index (κ2) is 7.21. The Morgan fingerprint density at radius 3 is 2.80 bits per heavy atom. The second-order valence-corrected chi connectivity index (χ2v) is 6.00. The predicted octanol–water partition coefficient (Wildman–Crippen LogP) is 2.61. The number of hydrogen-bond donors (Lipinski definition) is 1. The largest absolute Gasteiger partial charge is 0.380 e. The molecule has 2 rings (SSSR count). The lowest BCUT2D eigenvalue weighted by atomic mass is 9.94. The Morgan fingerprint density at radius 2 is 2.15 bits per heavy atom. The van der Waals surface area contributed by atoms with E-state index in [2.05, 4.69) is 55.4 Å². The van der Waals surface area contributed by atoms with Crippen molar-refractivity contribution in [2.75, 3.05) is 33.8 Å². The molecule has 0 spiro atoms. The summed E-state index contributed by atoms with van der Waals surface area (Å²) in [5.41, 5.74) is 2.77. The summed E-state index contributed by atoms with van der Waals surface area (Å²) in [7, 11) is 3.89. The molecule has 0 radical (unpaired) electrons. The van der Waals surface area contributed by atoms with Crippen LogP contribution in [0.5, 0.6) is 0 Å². The van der Waals surface area contributed by atoms with Crippen molar-refractivity contribution in [2.24, 2.45) is 5.92 Å². The van der Waals surface area contributed by atoms with E-state index in [1.165, 1.54) is 24.1 Å². The van der Waals surface area contributed by atoms with Crippen LogP contribution >= 0.6 is 0 Å². The Kier molecular flexibility index (Phi) is 5.58. The van der Waals surface area contributed by atoms with Gasteiger partial charge in [0.1, 0.15) is 0 Å². The van der Waals surface area contributed by atoms with E-state index in [9.17, 15) is 0 Å². The summed E-state index contributed by atoms with van der Waals surface area (Å²) >= 11 is 0. The number of aryl methyl sites for hydroxylation is 1. The Labute approximate surface area is 123 Å². The summed E-state index contributed by atoms with van der Waals surface area (Å²) in [6, 6.07) is 9.05. The van der Waals surface area contributed by atoms with Gasteiger partial charge in [-0.1, -0.05) is 31.2 Å². The van der Waals surface area contributed by atoms with E-state index in [0.29, 0.717) is 18.1 Å². The van der Waals surface area contributed by atoms with Gasteiger partial charge in [0.25, 0.3) is 0 Å². The van der Waals surface area contributed by atoms with Crippen LogP contribution in [-0.2, 0) is 4.74 Å². The van der Waals surface area contributed by atoms with E-state index < -0.39 is 0 Å². The lowest BCUT2D eigenvalue weighted by molar-refractivity contribution is -0.00730. The number of likely N-dealkylation sites (tertiary alicyclic amines) is 1. The van der Waals surface area contributed by atoms with Crippen LogP contribution in [0.1, 0.15) is 30.5 Å². The van der Waals surface area contributed by atoms with E-state index in [4.69, 9.17) is 4.74 Å². The third-order valence-electron chi connectivity index (χ3n) is 4.63. The Balaban J connectivity index is 2.02. The number of nitrogens with one attached hydrogen (secondary N) is 1. The molecule has 0 aliphatic carbocycles. The molecule has 1 fully saturated rings. The van der Waals surface area contributed by atoms with E-state index >= 15 is 0 Å². The fourth-order valence-corrected chi connectivity index (χ4v) is 3.15. The van der Waals surface area contributed by atoms with E-state index in [0.717, 1.165) is 13.1 Å². The molecular formula is C17H28N2O. The summed E-state index contributed by atoms with van der Waals surface area (Å²) in [5, 5.41) is 3.47. The van der Waals surface area contributed by atoms with Gasteiger partial charge in [-0.3, -0.25) is 4.90 Å². The standard InChI is InChI=1S/C17H28N2O/c1-13-7-5-6-8-15(13)16(18-3)11-19-10-9-14(2)17(12-19)20-4/h5-8,14,16-18H,9-12H2,1-4H3. The maximum atomic E-state index is 5.62. The molecule has 3 nitrogen and oxygen atoms in total. The first-order chi connectivity index (χ1) is 9.65. The zero-order valence-electron chi connectivity index (χ0n) is 13.2. The first kappa shape index (κ1) is 15.5.